The lowest BCUT2D eigenvalue weighted by Gasteiger charge is -2.25. The smallest absolute Gasteiger partial charge is 0.0685 e. The predicted octanol–water partition coefficient (Wildman–Crippen LogP) is 0.363. The van der Waals surface area contributed by atoms with Gasteiger partial charge in [0, 0.05) is 13.1 Å². The third-order valence-corrected chi connectivity index (χ3v) is 1.69. The molecule has 2 N–H and O–H groups in total. The molecule has 0 radical (unpaired) electrons. The van der Waals surface area contributed by atoms with E-state index in [1.807, 2.05) is 5.06 Å². The average Bonchev–Trinajstić information content (AvgIpc) is 2.03. The zero-order valence-electron chi connectivity index (χ0n) is 6.38. The number of hydrogen-bond acceptors (Lipinski definition) is 3. The van der Waals surface area contributed by atoms with Crippen molar-refractivity contribution in [3.8, 4) is 0 Å². The zero-order valence-corrected chi connectivity index (χ0v) is 6.38. The summed E-state index contributed by atoms with van der Waals surface area (Å²) in [7, 11) is 0. The maximum atomic E-state index is 5.36. The van der Waals surface area contributed by atoms with Crippen LogP contribution in [0.4, 0.5) is 0 Å². The Labute approximate surface area is 62.1 Å². The van der Waals surface area contributed by atoms with Crippen LogP contribution >= 0.6 is 0 Å². The molecule has 1 aliphatic rings. The van der Waals surface area contributed by atoms with Gasteiger partial charge in [0.15, 0.2) is 0 Å². The first-order valence-electron chi connectivity index (χ1n) is 4.01. The summed E-state index contributed by atoms with van der Waals surface area (Å²) in [5.41, 5.74) is 5.36. The van der Waals surface area contributed by atoms with Crippen molar-refractivity contribution >= 4 is 0 Å². The van der Waals surface area contributed by atoms with Gasteiger partial charge in [-0.05, 0) is 25.8 Å². The van der Waals surface area contributed by atoms with Crippen LogP contribution in [0, 0.1) is 0 Å². The van der Waals surface area contributed by atoms with Gasteiger partial charge in [-0.1, -0.05) is 0 Å². The molecule has 0 spiro atoms. The zero-order chi connectivity index (χ0) is 7.23. The van der Waals surface area contributed by atoms with Gasteiger partial charge in [0.25, 0.3) is 0 Å². The first-order valence-corrected chi connectivity index (χ1v) is 4.01. The highest BCUT2D eigenvalue weighted by Gasteiger charge is 2.08. The van der Waals surface area contributed by atoms with Crippen molar-refractivity contribution < 1.29 is 4.84 Å². The van der Waals surface area contributed by atoms with Gasteiger partial charge in [0.05, 0.1) is 6.61 Å². The van der Waals surface area contributed by atoms with Crippen LogP contribution in [-0.2, 0) is 4.84 Å². The van der Waals surface area contributed by atoms with Gasteiger partial charge >= 0.3 is 0 Å². The number of nitrogens with zero attached hydrogens (tertiary/aromatic N) is 1. The van der Waals surface area contributed by atoms with Gasteiger partial charge in [-0.3, -0.25) is 4.84 Å². The van der Waals surface area contributed by atoms with Crippen molar-refractivity contribution in [3.05, 3.63) is 0 Å². The monoisotopic (exact) mass is 144 g/mol. The van der Waals surface area contributed by atoms with E-state index in [0.717, 1.165) is 32.7 Å². The van der Waals surface area contributed by atoms with Crippen LogP contribution in [0.2, 0.25) is 0 Å². The van der Waals surface area contributed by atoms with Crippen LogP contribution in [-0.4, -0.2) is 31.3 Å². The minimum Gasteiger partial charge on any atom is -0.330 e. The predicted molar refractivity (Wildman–Crippen MR) is 40.4 cm³/mol. The minimum absolute atomic E-state index is 0.764. The van der Waals surface area contributed by atoms with Gasteiger partial charge in [-0.2, -0.15) is 5.06 Å². The lowest BCUT2D eigenvalue weighted by atomic mass is 10.3. The van der Waals surface area contributed by atoms with Gasteiger partial charge in [0.2, 0.25) is 0 Å². The van der Waals surface area contributed by atoms with E-state index in [2.05, 4.69) is 0 Å². The highest BCUT2D eigenvalue weighted by atomic mass is 16.7. The van der Waals surface area contributed by atoms with Crippen LogP contribution in [0.5, 0.6) is 0 Å². The van der Waals surface area contributed by atoms with Crippen LogP contribution in [0.1, 0.15) is 19.3 Å². The fraction of sp³-hybridized carbons (Fsp3) is 1.00. The molecule has 1 saturated heterocycles. The molecule has 10 heavy (non-hydrogen) atoms. The van der Waals surface area contributed by atoms with Crippen molar-refractivity contribution in [2.24, 2.45) is 5.73 Å². The molecule has 0 aromatic carbocycles. The summed E-state index contributed by atoms with van der Waals surface area (Å²) in [6, 6.07) is 0. The summed E-state index contributed by atoms with van der Waals surface area (Å²) in [4.78, 5) is 5.36. The number of rotatable bonds is 3. The Hall–Kier alpha value is -0.120. The van der Waals surface area contributed by atoms with E-state index < -0.39 is 0 Å². The van der Waals surface area contributed by atoms with E-state index in [1.54, 1.807) is 0 Å². The second-order valence-corrected chi connectivity index (χ2v) is 2.61. The second kappa shape index (κ2) is 4.66. The molecule has 0 aromatic rings. The number of nitrogens with two attached hydrogens (primary N) is 1. The van der Waals surface area contributed by atoms with Crippen molar-refractivity contribution in [1.29, 1.82) is 0 Å². The standard InChI is InChI=1S/C7H16N2O/c8-4-3-6-9-5-1-2-7-10-9/h1-8H2. The lowest BCUT2D eigenvalue weighted by Crippen LogP contribution is -2.31. The van der Waals surface area contributed by atoms with Crippen molar-refractivity contribution in [3.63, 3.8) is 0 Å². The quantitative estimate of drug-likeness (QED) is 0.621. The molecule has 0 amide bonds. The van der Waals surface area contributed by atoms with Crippen molar-refractivity contribution in [1.82, 2.24) is 5.06 Å². The molecule has 0 atom stereocenters. The lowest BCUT2D eigenvalue weighted by molar-refractivity contribution is -0.180. The molecule has 60 valence electrons. The van der Waals surface area contributed by atoms with Crippen LogP contribution < -0.4 is 5.73 Å². The fourth-order valence-corrected chi connectivity index (χ4v) is 1.09. The van der Waals surface area contributed by atoms with E-state index in [1.165, 1.54) is 12.8 Å². The van der Waals surface area contributed by atoms with Crippen LogP contribution in [0.3, 0.4) is 0 Å². The molecule has 1 aliphatic heterocycles. The first-order chi connectivity index (χ1) is 4.93. The Balaban J connectivity index is 2.02. The summed E-state index contributed by atoms with van der Waals surface area (Å²) >= 11 is 0. The molecule has 0 bridgehead atoms. The molecule has 1 rings (SSSR count). The van der Waals surface area contributed by atoms with E-state index in [-0.39, 0.29) is 0 Å². The Morgan fingerprint density at radius 1 is 1.40 bits per heavy atom. The summed E-state index contributed by atoms with van der Waals surface area (Å²) in [6.07, 6.45) is 3.52. The summed E-state index contributed by atoms with van der Waals surface area (Å²) in [6.45, 7) is 3.74. The largest absolute Gasteiger partial charge is 0.330 e. The van der Waals surface area contributed by atoms with Gasteiger partial charge < -0.3 is 5.73 Å². The number of hydrogen-bond donors (Lipinski definition) is 1. The van der Waals surface area contributed by atoms with E-state index in [9.17, 15) is 0 Å². The van der Waals surface area contributed by atoms with Gasteiger partial charge in [-0.15, -0.1) is 0 Å². The van der Waals surface area contributed by atoms with Gasteiger partial charge in [-0.25, -0.2) is 0 Å². The van der Waals surface area contributed by atoms with Crippen LogP contribution in [0.15, 0.2) is 0 Å². The molecule has 3 heteroatoms. The van der Waals surface area contributed by atoms with Gasteiger partial charge in [0.1, 0.15) is 0 Å². The Morgan fingerprint density at radius 2 is 2.30 bits per heavy atom. The third-order valence-electron chi connectivity index (χ3n) is 1.69. The third kappa shape index (κ3) is 2.64. The molecule has 0 aromatic heterocycles. The Kier molecular flexibility index (Phi) is 3.72. The molecule has 1 heterocycles. The minimum atomic E-state index is 0.764. The number of hydroxylamine groups is 2. The summed E-state index contributed by atoms with van der Waals surface area (Å²) in [5.74, 6) is 0. The molecular formula is C7H16N2O. The van der Waals surface area contributed by atoms with E-state index >= 15 is 0 Å². The Morgan fingerprint density at radius 3 is 2.90 bits per heavy atom. The van der Waals surface area contributed by atoms with E-state index in [4.69, 9.17) is 10.6 Å². The summed E-state index contributed by atoms with van der Waals surface area (Å²) in [5, 5.41) is 2.02. The maximum Gasteiger partial charge on any atom is 0.0685 e. The first kappa shape index (κ1) is 7.98. The fourth-order valence-electron chi connectivity index (χ4n) is 1.09. The van der Waals surface area contributed by atoms with E-state index in [0.29, 0.717) is 0 Å². The highest BCUT2D eigenvalue weighted by molar-refractivity contribution is 4.53. The maximum absolute atomic E-state index is 5.36. The van der Waals surface area contributed by atoms with Crippen LogP contribution in [0.25, 0.3) is 0 Å². The molecule has 1 fully saturated rings. The van der Waals surface area contributed by atoms with Crippen molar-refractivity contribution in [2.75, 3.05) is 26.2 Å². The Bertz CT molecular complexity index is 81.7. The normalized spacial score (nSPS) is 21.3. The molecule has 3 nitrogen and oxygen atoms in total. The summed E-state index contributed by atoms with van der Waals surface area (Å²) < 4.78 is 0. The van der Waals surface area contributed by atoms with Crippen molar-refractivity contribution in [2.45, 2.75) is 19.3 Å². The highest BCUT2D eigenvalue weighted by Crippen LogP contribution is 2.05. The second-order valence-electron chi connectivity index (χ2n) is 2.61. The molecule has 0 unspecified atom stereocenters. The topological polar surface area (TPSA) is 38.5 Å². The molecule has 0 aliphatic carbocycles. The molecular weight excluding hydrogens is 128 g/mol. The average molecular weight is 144 g/mol. The SMILES string of the molecule is NCCCN1CCCCO1. The molecule has 0 saturated carbocycles.